The zero-order chi connectivity index (χ0) is 15.9. The molecule has 2 N–H and O–H groups in total. The van der Waals surface area contributed by atoms with Crippen molar-refractivity contribution in [1.82, 2.24) is 10.1 Å². The van der Waals surface area contributed by atoms with Crippen LogP contribution in [0, 0.1) is 0 Å². The van der Waals surface area contributed by atoms with Gasteiger partial charge in [0, 0.05) is 13.0 Å². The molecule has 1 aromatic heterocycles. The van der Waals surface area contributed by atoms with Gasteiger partial charge in [0.25, 0.3) is 5.91 Å². The molecule has 7 nitrogen and oxygen atoms in total. The number of fused-ring (bicyclic) bond motifs is 1. The highest BCUT2D eigenvalue weighted by atomic mass is 35.5. The van der Waals surface area contributed by atoms with Crippen molar-refractivity contribution in [2.45, 2.75) is 31.2 Å². The number of aromatic nitrogens is 2. The van der Waals surface area contributed by atoms with Gasteiger partial charge in [0.1, 0.15) is 5.75 Å². The van der Waals surface area contributed by atoms with Crippen LogP contribution in [-0.2, 0) is 16.8 Å². The molecule has 0 atom stereocenters. The van der Waals surface area contributed by atoms with Gasteiger partial charge in [-0.1, -0.05) is 17.3 Å². The number of ether oxygens (including phenoxy) is 1. The van der Waals surface area contributed by atoms with Crippen LogP contribution in [0.3, 0.4) is 0 Å². The van der Waals surface area contributed by atoms with Crippen LogP contribution >= 0.6 is 12.4 Å². The average molecular weight is 351 g/mol. The van der Waals surface area contributed by atoms with E-state index in [0.717, 1.165) is 24.9 Å². The minimum absolute atomic E-state index is 0. The SMILES string of the molecule is Cl.NC1(c2noc(CCN3C(=O)COc4ccccc43)n2)CCC1. The Balaban J connectivity index is 0.00000169. The smallest absolute Gasteiger partial charge is 0.265 e. The molecule has 2 heterocycles. The summed E-state index contributed by atoms with van der Waals surface area (Å²) in [6.07, 6.45) is 3.37. The number of nitrogens with zero attached hydrogens (tertiary/aromatic N) is 3. The van der Waals surface area contributed by atoms with Crippen LogP contribution in [0.25, 0.3) is 0 Å². The molecule has 8 heteroatoms. The predicted molar refractivity (Wildman–Crippen MR) is 89.3 cm³/mol. The zero-order valence-electron chi connectivity index (χ0n) is 13.1. The Morgan fingerprint density at radius 3 is 2.83 bits per heavy atom. The van der Waals surface area contributed by atoms with Crippen molar-refractivity contribution in [1.29, 1.82) is 0 Å². The zero-order valence-corrected chi connectivity index (χ0v) is 13.9. The van der Waals surface area contributed by atoms with Crippen LogP contribution in [0.2, 0.25) is 0 Å². The molecule has 0 bridgehead atoms. The molecule has 2 aliphatic rings. The molecule has 1 fully saturated rings. The molecular weight excluding hydrogens is 332 g/mol. The molecule has 128 valence electrons. The van der Waals surface area contributed by atoms with Gasteiger partial charge in [-0.25, -0.2) is 0 Å². The monoisotopic (exact) mass is 350 g/mol. The van der Waals surface area contributed by atoms with Crippen molar-refractivity contribution in [2.24, 2.45) is 5.73 Å². The van der Waals surface area contributed by atoms with E-state index in [0.29, 0.717) is 30.4 Å². The van der Waals surface area contributed by atoms with Gasteiger partial charge in [0.15, 0.2) is 12.4 Å². The van der Waals surface area contributed by atoms with Crippen LogP contribution in [0.4, 0.5) is 5.69 Å². The number of hydrogen-bond acceptors (Lipinski definition) is 6. The molecule has 4 rings (SSSR count). The Hall–Kier alpha value is -2.12. The van der Waals surface area contributed by atoms with Crippen LogP contribution in [0.1, 0.15) is 31.0 Å². The summed E-state index contributed by atoms with van der Waals surface area (Å²) in [7, 11) is 0. The third-order valence-corrected chi connectivity index (χ3v) is 4.52. The lowest BCUT2D eigenvalue weighted by molar-refractivity contribution is -0.121. The molecule has 1 aliphatic carbocycles. The molecule has 2 aromatic rings. The molecule has 0 spiro atoms. The summed E-state index contributed by atoms with van der Waals surface area (Å²) in [5.41, 5.74) is 6.54. The summed E-state index contributed by atoms with van der Waals surface area (Å²) in [5, 5.41) is 4.00. The van der Waals surface area contributed by atoms with Crippen molar-refractivity contribution < 1.29 is 14.1 Å². The Kier molecular flexibility index (Phi) is 4.47. The van der Waals surface area contributed by atoms with Crippen LogP contribution in [-0.4, -0.2) is 29.2 Å². The molecule has 1 aromatic carbocycles. The second-order valence-corrected chi connectivity index (χ2v) is 6.07. The highest BCUT2D eigenvalue weighted by Gasteiger charge is 2.39. The van der Waals surface area contributed by atoms with E-state index >= 15 is 0 Å². The van der Waals surface area contributed by atoms with Gasteiger partial charge < -0.3 is 19.9 Å². The van der Waals surface area contributed by atoms with Gasteiger partial charge in [-0.3, -0.25) is 4.79 Å². The van der Waals surface area contributed by atoms with Crippen molar-refractivity contribution in [2.75, 3.05) is 18.1 Å². The summed E-state index contributed by atoms with van der Waals surface area (Å²) in [6, 6.07) is 7.49. The van der Waals surface area contributed by atoms with Gasteiger partial charge >= 0.3 is 0 Å². The number of rotatable bonds is 4. The van der Waals surface area contributed by atoms with E-state index in [2.05, 4.69) is 10.1 Å². The minimum Gasteiger partial charge on any atom is -0.482 e. The van der Waals surface area contributed by atoms with E-state index in [-0.39, 0.29) is 24.9 Å². The first-order chi connectivity index (χ1) is 11.2. The van der Waals surface area contributed by atoms with E-state index in [1.807, 2.05) is 24.3 Å². The van der Waals surface area contributed by atoms with E-state index in [4.69, 9.17) is 15.0 Å². The highest BCUT2D eigenvalue weighted by Crippen LogP contribution is 2.37. The molecule has 1 aliphatic heterocycles. The van der Waals surface area contributed by atoms with E-state index in [1.54, 1.807) is 4.90 Å². The topological polar surface area (TPSA) is 94.5 Å². The maximum Gasteiger partial charge on any atom is 0.265 e. The van der Waals surface area contributed by atoms with E-state index < -0.39 is 5.54 Å². The van der Waals surface area contributed by atoms with Gasteiger partial charge in [-0.15, -0.1) is 12.4 Å². The third-order valence-electron chi connectivity index (χ3n) is 4.52. The van der Waals surface area contributed by atoms with Gasteiger partial charge in [0.05, 0.1) is 11.2 Å². The molecule has 0 unspecified atom stereocenters. The predicted octanol–water partition coefficient (Wildman–Crippen LogP) is 1.80. The Morgan fingerprint density at radius 2 is 2.08 bits per heavy atom. The molecular formula is C16H19ClN4O3. The van der Waals surface area contributed by atoms with Crippen LogP contribution in [0.15, 0.2) is 28.8 Å². The van der Waals surface area contributed by atoms with Gasteiger partial charge in [0.2, 0.25) is 5.89 Å². The van der Waals surface area contributed by atoms with E-state index in [9.17, 15) is 4.79 Å². The standard InChI is InChI=1S/C16H18N4O3.ClH/c17-16(7-3-8-16)15-18-13(23-19-15)6-9-20-11-4-1-2-5-12(11)22-10-14(20)21;/h1-2,4-5H,3,6-10,17H2;1H. The molecule has 1 saturated carbocycles. The van der Waals surface area contributed by atoms with Crippen LogP contribution in [0.5, 0.6) is 5.75 Å². The molecule has 0 radical (unpaired) electrons. The normalized spacial score (nSPS) is 18.2. The quantitative estimate of drug-likeness (QED) is 0.903. The fourth-order valence-corrected chi connectivity index (χ4v) is 2.95. The maximum atomic E-state index is 12.1. The fraction of sp³-hybridized carbons (Fsp3) is 0.438. The number of anilines is 1. The minimum atomic E-state index is -0.427. The summed E-state index contributed by atoms with van der Waals surface area (Å²) in [4.78, 5) is 18.2. The van der Waals surface area contributed by atoms with Crippen molar-refractivity contribution >= 4 is 24.0 Å². The number of nitrogens with two attached hydrogens (primary N) is 1. The second kappa shape index (κ2) is 6.41. The van der Waals surface area contributed by atoms with E-state index in [1.165, 1.54) is 0 Å². The Labute approximate surface area is 145 Å². The largest absolute Gasteiger partial charge is 0.482 e. The number of carbonyl (C=O) groups excluding carboxylic acids is 1. The second-order valence-electron chi connectivity index (χ2n) is 6.07. The number of hydrogen-bond donors (Lipinski definition) is 1. The van der Waals surface area contributed by atoms with Crippen molar-refractivity contribution in [3.05, 3.63) is 36.0 Å². The first-order valence-corrected chi connectivity index (χ1v) is 7.80. The summed E-state index contributed by atoms with van der Waals surface area (Å²) >= 11 is 0. The highest BCUT2D eigenvalue weighted by molar-refractivity contribution is 5.97. The number of para-hydroxylation sites is 2. The summed E-state index contributed by atoms with van der Waals surface area (Å²) in [5.74, 6) is 1.73. The van der Waals surface area contributed by atoms with Crippen LogP contribution < -0.4 is 15.4 Å². The summed E-state index contributed by atoms with van der Waals surface area (Å²) < 4.78 is 10.7. The number of carbonyl (C=O) groups is 1. The van der Waals surface area contributed by atoms with Gasteiger partial charge in [-0.05, 0) is 31.4 Å². The van der Waals surface area contributed by atoms with Crippen molar-refractivity contribution in [3.63, 3.8) is 0 Å². The Morgan fingerprint density at radius 1 is 1.29 bits per heavy atom. The average Bonchev–Trinajstić information content (AvgIpc) is 3.01. The molecule has 24 heavy (non-hydrogen) atoms. The van der Waals surface area contributed by atoms with Crippen molar-refractivity contribution in [3.8, 4) is 5.75 Å². The third kappa shape index (κ3) is 2.85. The fourth-order valence-electron chi connectivity index (χ4n) is 2.95. The lowest BCUT2D eigenvalue weighted by Crippen LogP contribution is -2.44. The first kappa shape index (κ1) is 16.7. The van der Waals surface area contributed by atoms with Gasteiger partial charge in [-0.2, -0.15) is 4.98 Å². The number of halogens is 1. The molecule has 0 saturated heterocycles. The number of amides is 1. The number of benzene rings is 1. The maximum absolute atomic E-state index is 12.1. The lowest BCUT2D eigenvalue weighted by atomic mass is 9.77. The molecule has 1 amide bonds. The lowest BCUT2D eigenvalue weighted by Gasteiger charge is -2.34. The first-order valence-electron chi connectivity index (χ1n) is 7.80. The Bertz CT molecular complexity index is 744. The summed E-state index contributed by atoms with van der Waals surface area (Å²) in [6.45, 7) is 0.524.